The molecule has 0 aliphatic carbocycles. The average molecular weight is 244 g/mol. The molecule has 0 aliphatic rings. The van der Waals surface area contributed by atoms with Crippen molar-refractivity contribution in [1.82, 2.24) is 14.8 Å². The predicted octanol–water partition coefficient (Wildman–Crippen LogP) is 2.50. The third-order valence-electron chi connectivity index (χ3n) is 2.26. The topological polar surface area (TPSA) is 30.7 Å². The first-order valence-corrected chi connectivity index (χ1v) is 5.06. The molecule has 0 radical (unpaired) electrons. The van der Waals surface area contributed by atoms with Gasteiger partial charge in [0.05, 0.1) is 5.88 Å². The molecule has 16 heavy (non-hydrogen) atoms. The number of aromatic nitrogens is 3. The Balaban J connectivity index is 2.50. The van der Waals surface area contributed by atoms with Gasteiger partial charge in [-0.2, -0.15) is 0 Å². The second-order valence-electron chi connectivity index (χ2n) is 3.26. The number of benzene rings is 1. The van der Waals surface area contributed by atoms with E-state index in [-0.39, 0.29) is 5.88 Å². The second kappa shape index (κ2) is 4.17. The maximum atomic E-state index is 13.0. The lowest BCUT2D eigenvalue weighted by Crippen LogP contribution is -1.97. The molecule has 0 saturated heterocycles. The number of hydrogen-bond acceptors (Lipinski definition) is 2. The van der Waals surface area contributed by atoms with E-state index in [1.165, 1.54) is 6.07 Å². The molecule has 0 N–H and O–H groups in total. The minimum absolute atomic E-state index is 0.215. The van der Waals surface area contributed by atoms with Gasteiger partial charge in [-0.3, -0.25) is 0 Å². The molecule has 0 fully saturated rings. The molecule has 0 saturated carbocycles. The Labute approximate surface area is 95.7 Å². The highest BCUT2D eigenvalue weighted by molar-refractivity contribution is 6.16. The van der Waals surface area contributed by atoms with E-state index in [0.29, 0.717) is 17.2 Å². The van der Waals surface area contributed by atoms with Crippen LogP contribution in [0.25, 0.3) is 11.4 Å². The normalized spacial score (nSPS) is 10.8. The summed E-state index contributed by atoms with van der Waals surface area (Å²) in [6, 6.07) is 3.58. The summed E-state index contributed by atoms with van der Waals surface area (Å²) in [6.45, 7) is 0. The molecule has 1 aromatic carbocycles. The van der Waals surface area contributed by atoms with Crippen molar-refractivity contribution in [2.75, 3.05) is 0 Å². The zero-order chi connectivity index (χ0) is 11.7. The first-order chi connectivity index (χ1) is 7.63. The van der Waals surface area contributed by atoms with Crippen LogP contribution in [0, 0.1) is 11.6 Å². The molecule has 1 heterocycles. The van der Waals surface area contributed by atoms with Crippen LogP contribution >= 0.6 is 11.6 Å². The Kier molecular flexibility index (Phi) is 2.87. The minimum atomic E-state index is -0.909. The zero-order valence-corrected chi connectivity index (χ0v) is 9.17. The van der Waals surface area contributed by atoms with E-state index in [1.807, 2.05) is 0 Å². The monoisotopic (exact) mass is 243 g/mol. The Hall–Kier alpha value is -1.49. The summed E-state index contributed by atoms with van der Waals surface area (Å²) in [6.07, 6.45) is 0. The van der Waals surface area contributed by atoms with Crippen LogP contribution in [0.5, 0.6) is 0 Å². The predicted molar refractivity (Wildman–Crippen MR) is 55.9 cm³/mol. The van der Waals surface area contributed by atoms with Gasteiger partial charge in [0.1, 0.15) is 5.82 Å². The summed E-state index contributed by atoms with van der Waals surface area (Å²) < 4.78 is 27.4. The van der Waals surface area contributed by atoms with Gasteiger partial charge in [0.15, 0.2) is 17.5 Å². The van der Waals surface area contributed by atoms with E-state index in [4.69, 9.17) is 11.6 Å². The maximum absolute atomic E-state index is 13.0. The molecule has 6 heteroatoms. The van der Waals surface area contributed by atoms with E-state index in [9.17, 15) is 8.78 Å². The van der Waals surface area contributed by atoms with E-state index in [1.54, 1.807) is 11.6 Å². The van der Waals surface area contributed by atoms with Gasteiger partial charge in [-0.05, 0) is 18.2 Å². The van der Waals surface area contributed by atoms with Gasteiger partial charge in [0.25, 0.3) is 0 Å². The van der Waals surface area contributed by atoms with Gasteiger partial charge in [0, 0.05) is 12.6 Å². The van der Waals surface area contributed by atoms with E-state index in [0.717, 1.165) is 12.1 Å². The molecule has 1 aromatic heterocycles. The third kappa shape index (κ3) is 1.78. The van der Waals surface area contributed by atoms with Crippen LogP contribution in [0.1, 0.15) is 5.82 Å². The molecule has 0 spiro atoms. The lowest BCUT2D eigenvalue weighted by molar-refractivity contribution is 0.509. The van der Waals surface area contributed by atoms with Gasteiger partial charge >= 0.3 is 0 Å². The largest absolute Gasteiger partial charge is 0.313 e. The molecule has 0 aliphatic heterocycles. The SMILES string of the molecule is Cn1c(CCl)nnc1-c1ccc(F)c(F)c1. The van der Waals surface area contributed by atoms with E-state index < -0.39 is 11.6 Å². The fraction of sp³-hybridized carbons (Fsp3) is 0.200. The van der Waals surface area contributed by atoms with Crippen molar-refractivity contribution in [2.24, 2.45) is 7.05 Å². The Morgan fingerprint density at radius 2 is 2.00 bits per heavy atom. The van der Waals surface area contributed by atoms with Gasteiger partial charge < -0.3 is 4.57 Å². The van der Waals surface area contributed by atoms with Crippen molar-refractivity contribution in [3.63, 3.8) is 0 Å². The van der Waals surface area contributed by atoms with Crippen LogP contribution in [0.2, 0.25) is 0 Å². The number of halogens is 3. The highest BCUT2D eigenvalue weighted by Gasteiger charge is 2.11. The molecule has 2 rings (SSSR count). The molecule has 0 bridgehead atoms. The molecule has 0 amide bonds. The Morgan fingerprint density at radius 1 is 1.25 bits per heavy atom. The molecular formula is C10H8ClF2N3. The van der Waals surface area contributed by atoms with Crippen molar-refractivity contribution >= 4 is 11.6 Å². The van der Waals surface area contributed by atoms with Gasteiger partial charge in [-0.25, -0.2) is 8.78 Å². The molecule has 0 unspecified atom stereocenters. The van der Waals surface area contributed by atoms with Crippen LogP contribution in [0.15, 0.2) is 18.2 Å². The third-order valence-corrected chi connectivity index (χ3v) is 2.50. The van der Waals surface area contributed by atoms with Crippen LogP contribution in [0.3, 0.4) is 0 Å². The minimum Gasteiger partial charge on any atom is -0.313 e. The van der Waals surface area contributed by atoms with Crippen LogP contribution < -0.4 is 0 Å². The molecule has 84 valence electrons. The van der Waals surface area contributed by atoms with Crippen molar-refractivity contribution < 1.29 is 8.78 Å². The summed E-state index contributed by atoms with van der Waals surface area (Å²) in [7, 11) is 1.72. The number of rotatable bonds is 2. The first kappa shape index (κ1) is 11.0. The average Bonchev–Trinajstić information content (AvgIpc) is 2.64. The smallest absolute Gasteiger partial charge is 0.163 e. The summed E-state index contributed by atoms with van der Waals surface area (Å²) in [5.41, 5.74) is 0.463. The molecular weight excluding hydrogens is 236 g/mol. The van der Waals surface area contributed by atoms with Crippen molar-refractivity contribution in [3.8, 4) is 11.4 Å². The number of nitrogens with zero attached hydrogens (tertiary/aromatic N) is 3. The summed E-state index contributed by atoms with van der Waals surface area (Å²) in [4.78, 5) is 0. The molecule has 2 aromatic rings. The van der Waals surface area contributed by atoms with Gasteiger partial charge in [0.2, 0.25) is 0 Å². The maximum Gasteiger partial charge on any atom is 0.163 e. The van der Waals surface area contributed by atoms with Crippen molar-refractivity contribution in [2.45, 2.75) is 5.88 Å². The number of alkyl halides is 1. The highest BCUT2D eigenvalue weighted by atomic mass is 35.5. The lowest BCUT2D eigenvalue weighted by atomic mass is 10.2. The van der Waals surface area contributed by atoms with Crippen LogP contribution in [0.4, 0.5) is 8.78 Å². The van der Waals surface area contributed by atoms with Crippen molar-refractivity contribution in [1.29, 1.82) is 0 Å². The first-order valence-electron chi connectivity index (χ1n) is 4.53. The van der Waals surface area contributed by atoms with E-state index >= 15 is 0 Å². The lowest BCUT2D eigenvalue weighted by Gasteiger charge is -2.02. The fourth-order valence-electron chi connectivity index (χ4n) is 1.36. The highest BCUT2D eigenvalue weighted by Crippen LogP contribution is 2.20. The molecule has 0 atom stereocenters. The summed E-state index contributed by atoms with van der Waals surface area (Å²) in [5.74, 6) is -0.556. The van der Waals surface area contributed by atoms with Gasteiger partial charge in [-0.15, -0.1) is 21.8 Å². The van der Waals surface area contributed by atoms with Crippen LogP contribution in [-0.2, 0) is 12.9 Å². The second-order valence-corrected chi connectivity index (χ2v) is 3.53. The summed E-state index contributed by atoms with van der Waals surface area (Å²) in [5, 5.41) is 7.69. The quantitative estimate of drug-likeness (QED) is 0.759. The zero-order valence-electron chi connectivity index (χ0n) is 8.41. The van der Waals surface area contributed by atoms with Crippen LogP contribution in [-0.4, -0.2) is 14.8 Å². The number of hydrogen-bond donors (Lipinski definition) is 0. The van der Waals surface area contributed by atoms with E-state index in [2.05, 4.69) is 10.2 Å². The summed E-state index contributed by atoms with van der Waals surface area (Å²) >= 11 is 5.63. The van der Waals surface area contributed by atoms with Gasteiger partial charge in [-0.1, -0.05) is 0 Å². The Bertz CT molecular complexity index is 525. The van der Waals surface area contributed by atoms with Crippen molar-refractivity contribution in [3.05, 3.63) is 35.7 Å². The fourth-order valence-corrected chi connectivity index (χ4v) is 1.60. The Morgan fingerprint density at radius 3 is 2.56 bits per heavy atom. The standard InChI is InChI=1S/C10H8ClF2N3/c1-16-9(5-11)14-15-10(16)6-2-3-7(12)8(13)4-6/h2-4H,5H2,1H3. The molecule has 3 nitrogen and oxygen atoms in total.